The molecule has 0 spiro atoms. The largest absolute Gasteiger partial charge is 0.311 e. The Kier molecular flexibility index (Phi) is 3.44. The molecule has 1 heteroatoms. The fraction of sp³-hybridized carbons (Fsp3) is 0.867. The second-order valence-electron chi connectivity index (χ2n) is 6.43. The van der Waals surface area contributed by atoms with E-state index >= 15 is 0 Å². The highest BCUT2D eigenvalue weighted by Gasteiger charge is 2.36. The van der Waals surface area contributed by atoms with Gasteiger partial charge in [-0.3, -0.25) is 0 Å². The Labute approximate surface area is 101 Å². The van der Waals surface area contributed by atoms with Gasteiger partial charge in [0.1, 0.15) is 0 Å². The van der Waals surface area contributed by atoms with Gasteiger partial charge in [0.15, 0.2) is 0 Å². The van der Waals surface area contributed by atoms with E-state index in [9.17, 15) is 0 Å². The fourth-order valence-electron chi connectivity index (χ4n) is 2.76. The lowest BCUT2D eigenvalue weighted by Crippen LogP contribution is -2.48. The number of hydrogen-bond acceptors (Lipinski definition) is 1. The minimum Gasteiger partial charge on any atom is -0.311 e. The molecule has 0 aromatic carbocycles. The van der Waals surface area contributed by atoms with Crippen LogP contribution in [0.3, 0.4) is 0 Å². The second-order valence-corrected chi connectivity index (χ2v) is 6.43. The average molecular weight is 221 g/mol. The molecule has 2 aliphatic rings. The first-order valence-electron chi connectivity index (χ1n) is 6.98. The Balaban J connectivity index is 2.03. The molecule has 0 heterocycles. The maximum Gasteiger partial charge on any atom is 0.0158 e. The molecule has 2 saturated carbocycles. The molecule has 0 aromatic rings. The molecule has 16 heavy (non-hydrogen) atoms. The van der Waals surface area contributed by atoms with Crippen molar-refractivity contribution in [2.45, 2.75) is 78.3 Å². The van der Waals surface area contributed by atoms with Gasteiger partial charge in [0.05, 0.1) is 0 Å². The van der Waals surface area contributed by atoms with Gasteiger partial charge in [0.2, 0.25) is 0 Å². The summed E-state index contributed by atoms with van der Waals surface area (Å²) in [5.41, 5.74) is 4.05. The van der Waals surface area contributed by atoms with Crippen LogP contribution in [0.1, 0.15) is 66.2 Å². The van der Waals surface area contributed by atoms with E-state index in [0.29, 0.717) is 17.5 Å². The summed E-state index contributed by atoms with van der Waals surface area (Å²) in [7, 11) is 0. The van der Waals surface area contributed by atoms with Crippen molar-refractivity contribution in [3.8, 4) is 0 Å². The molecule has 2 fully saturated rings. The highest BCUT2D eigenvalue weighted by atomic mass is 15.0. The minimum atomic E-state index is 0.475. The lowest BCUT2D eigenvalue weighted by atomic mass is 9.71. The Hall–Kier alpha value is -0.300. The van der Waals surface area contributed by atoms with Crippen LogP contribution in [0.5, 0.6) is 0 Å². The van der Waals surface area contributed by atoms with Crippen LogP contribution < -0.4 is 5.32 Å². The molecule has 0 bridgehead atoms. The van der Waals surface area contributed by atoms with E-state index < -0.39 is 0 Å². The van der Waals surface area contributed by atoms with Crippen LogP contribution in [0, 0.1) is 5.41 Å². The molecular weight excluding hydrogens is 194 g/mol. The van der Waals surface area contributed by atoms with Gasteiger partial charge in [-0.1, -0.05) is 31.9 Å². The fourth-order valence-corrected chi connectivity index (χ4v) is 2.76. The summed E-state index contributed by atoms with van der Waals surface area (Å²) in [4.78, 5) is 0. The van der Waals surface area contributed by atoms with Gasteiger partial charge in [-0.2, -0.15) is 0 Å². The zero-order valence-corrected chi connectivity index (χ0v) is 11.4. The smallest absolute Gasteiger partial charge is 0.0158 e. The van der Waals surface area contributed by atoms with Crippen LogP contribution in [0.2, 0.25) is 0 Å². The third-order valence-corrected chi connectivity index (χ3v) is 4.56. The maximum absolute atomic E-state index is 3.84. The summed E-state index contributed by atoms with van der Waals surface area (Å²) in [5.74, 6) is 0. The first kappa shape index (κ1) is 12.2. The molecule has 2 atom stereocenters. The molecule has 0 radical (unpaired) electrons. The number of nitrogens with one attached hydrogen (secondary N) is 1. The van der Waals surface area contributed by atoms with Crippen molar-refractivity contribution in [3.63, 3.8) is 0 Å². The van der Waals surface area contributed by atoms with Crippen molar-refractivity contribution in [2.24, 2.45) is 5.41 Å². The molecule has 2 unspecified atom stereocenters. The van der Waals surface area contributed by atoms with Crippen LogP contribution in [-0.2, 0) is 0 Å². The highest BCUT2D eigenvalue weighted by Crippen LogP contribution is 2.44. The van der Waals surface area contributed by atoms with E-state index in [0.717, 1.165) is 0 Å². The van der Waals surface area contributed by atoms with E-state index in [1.165, 1.54) is 38.5 Å². The summed E-state index contributed by atoms with van der Waals surface area (Å²) >= 11 is 0. The number of rotatable bonds is 3. The molecule has 2 rings (SSSR count). The molecule has 0 saturated heterocycles. The lowest BCUT2D eigenvalue weighted by molar-refractivity contribution is 0.182. The molecule has 1 N–H and O–H groups in total. The van der Waals surface area contributed by atoms with Crippen LogP contribution in [0.25, 0.3) is 0 Å². The van der Waals surface area contributed by atoms with Gasteiger partial charge in [0, 0.05) is 12.1 Å². The summed E-state index contributed by atoms with van der Waals surface area (Å²) in [6.45, 7) is 9.45. The molecular formula is C15H27N. The maximum atomic E-state index is 3.84. The SMILES string of the molecule is CCC(C)NC1CC(=C2CC2)CCC1(C)C. The summed E-state index contributed by atoms with van der Waals surface area (Å²) in [5, 5.41) is 3.84. The standard InChI is InChI=1S/C15H27N/c1-5-11(2)16-14-10-13(12-6-7-12)8-9-15(14,3)4/h11,14,16H,5-10H2,1-4H3. The Bertz CT molecular complexity index is 282. The Morgan fingerprint density at radius 1 is 1.25 bits per heavy atom. The third-order valence-electron chi connectivity index (χ3n) is 4.56. The zero-order valence-electron chi connectivity index (χ0n) is 11.4. The van der Waals surface area contributed by atoms with Crippen molar-refractivity contribution in [1.29, 1.82) is 0 Å². The lowest BCUT2D eigenvalue weighted by Gasteiger charge is -2.42. The van der Waals surface area contributed by atoms with Crippen molar-refractivity contribution in [1.82, 2.24) is 5.32 Å². The van der Waals surface area contributed by atoms with Gasteiger partial charge >= 0.3 is 0 Å². The minimum absolute atomic E-state index is 0.475. The van der Waals surface area contributed by atoms with Crippen LogP contribution in [0.4, 0.5) is 0 Å². The van der Waals surface area contributed by atoms with Crippen LogP contribution in [0.15, 0.2) is 11.1 Å². The topological polar surface area (TPSA) is 12.0 Å². The molecule has 92 valence electrons. The van der Waals surface area contributed by atoms with Crippen molar-refractivity contribution in [2.75, 3.05) is 0 Å². The third kappa shape index (κ3) is 2.68. The van der Waals surface area contributed by atoms with Crippen molar-refractivity contribution >= 4 is 0 Å². The predicted molar refractivity (Wildman–Crippen MR) is 70.6 cm³/mol. The van der Waals surface area contributed by atoms with Crippen LogP contribution in [-0.4, -0.2) is 12.1 Å². The van der Waals surface area contributed by atoms with E-state index in [1.54, 1.807) is 11.1 Å². The van der Waals surface area contributed by atoms with Crippen molar-refractivity contribution < 1.29 is 0 Å². The van der Waals surface area contributed by atoms with Gasteiger partial charge < -0.3 is 5.32 Å². The zero-order chi connectivity index (χ0) is 11.8. The predicted octanol–water partition coefficient (Wildman–Crippen LogP) is 4.04. The number of allylic oxidation sites excluding steroid dienone is 1. The van der Waals surface area contributed by atoms with Crippen molar-refractivity contribution in [3.05, 3.63) is 11.1 Å². The van der Waals surface area contributed by atoms with E-state index in [4.69, 9.17) is 0 Å². The summed E-state index contributed by atoms with van der Waals surface area (Å²) in [6.07, 6.45) is 8.06. The first-order chi connectivity index (χ1) is 7.53. The van der Waals surface area contributed by atoms with Gasteiger partial charge in [0.25, 0.3) is 0 Å². The van der Waals surface area contributed by atoms with Gasteiger partial charge in [-0.25, -0.2) is 0 Å². The van der Waals surface area contributed by atoms with Gasteiger partial charge in [-0.05, 0) is 50.9 Å². The summed E-state index contributed by atoms with van der Waals surface area (Å²) < 4.78 is 0. The van der Waals surface area contributed by atoms with E-state index in [-0.39, 0.29) is 0 Å². The van der Waals surface area contributed by atoms with Gasteiger partial charge in [-0.15, -0.1) is 0 Å². The highest BCUT2D eigenvalue weighted by molar-refractivity contribution is 5.28. The molecule has 0 aromatic heterocycles. The first-order valence-corrected chi connectivity index (χ1v) is 6.98. The normalized spacial score (nSPS) is 30.4. The molecule has 1 nitrogen and oxygen atoms in total. The second kappa shape index (κ2) is 4.52. The average Bonchev–Trinajstić information content (AvgIpc) is 3.04. The molecule has 0 amide bonds. The summed E-state index contributed by atoms with van der Waals surface area (Å²) in [6, 6.07) is 1.35. The van der Waals surface area contributed by atoms with E-state index in [1.807, 2.05) is 0 Å². The van der Waals surface area contributed by atoms with Crippen LogP contribution >= 0.6 is 0 Å². The number of hydrogen-bond donors (Lipinski definition) is 1. The Morgan fingerprint density at radius 2 is 1.94 bits per heavy atom. The monoisotopic (exact) mass is 221 g/mol. The molecule has 2 aliphatic carbocycles. The quantitative estimate of drug-likeness (QED) is 0.709. The Morgan fingerprint density at radius 3 is 2.50 bits per heavy atom. The molecule has 0 aliphatic heterocycles. The van der Waals surface area contributed by atoms with E-state index in [2.05, 4.69) is 33.0 Å².